The van der Waals surface area contributed by atoms with Crippen LogP contribution in [0.1, 0.15) is 39.2 Å². The van der Waals surface area contributed by atoms with E-state index >= 15 is 0 Å². The van der Waals surface area contributed by atoms with Crippen LogP contribution < -0.4 is 5.32 Å². The van der Waals surface area contributed by atoms with Gasteiger partial charge in [-0.05, 0) is 36.6 Å². The van der Waals surface area contributed by atoms with Gasteiger partial charge >= 0.3 is 0 Å². The molecule has 0 fully saturated rings. The first-order chi connectivity index (χ1) is 9.26. The molecule has 1 atom stereocenters. The lowest BCUT2D eigenvalue weighted by Gasteiger charge is -2.11. The van der Waals surface area contributed by atoms with Gasteiger partial charge in [-0.25, -0.2) is 4.98 Å². The van der Waals surface area contributed by atoms with E-state index in [1.54, 1.807) is 0 Å². The zero-order chi connectivity index (χ0) is 13.7. The topological polar surface area (TPSA) is 29.9 Å². The first-order valence-electron chi connectivity index (χ1n) is 7.39. The number of nitrogens with zero attached hydrogens (tertiary/aromatic N) is 2. The second kappa shape index (κ2) is 6.71. The molecular formula is C16H25N3. The molecule has 3 heteroatoms. The third-order valence-corrected chi connectivity index (χ3v) is 3.57. The predicted octanol–water partition coefficient (Wildman–Crippen LogP) is 3.58. The monoisotopic (exact) mass is 259 g/mol. The Morgan fingerprint density at radius 3 is 2.95 bits per heavy atom. The molecule has 0 radical (unpaired) electrons. The zero-order valence-electron chi connectivity index (χ0n) is 12.3. The summed E-state index contributed by atoms with van der Waals surface area (Å²) in [7, 11) is 0. The van der Waals surface area contributed by atoms with Gasteiger partial charge in [-0.1, -0.05) is 27.2 Å². The molecule has 1 unspecified atom stereocenters. The Balaban J connectivity index is 2.27. The smallest absolute Gasteiger partial charge is 0.140 e. The number of aromatic nitrogens is 2. The van der Waals surface area contributed by atoms with Crippen molar-refractivity contribution in [3.8, 4) is 0 Å². The second-order valence-corrected chi connectivity index (χ2v) is 5.36. The van der Waals surface area contributed by atoms with E-state index in [0.717, 1.165) is 25.3 Å². The Labute approximate surface area is 116 Å². The number of pyridine rings is 1. The van der Waals surface area contributed by atoms with E-state index in [-0.39, 0.29) is 0 Å². The molecule has 2 aromatic heterocycles. The van der Waals surface area contributed by atoms with E-state index in [4.69, 9.17) is 0 Å². The summed E-state index contributed by atoms with van der Waals surface area (Å²) in [6, 6.07) is 4.20. The normalized spacial score (nSPS) is 13.0. The number of hydrogen-bond donors (Lipinski definition) is 1. The van der Waals surface area contributed by atoms with Crippen molar-refractivity contribution >= 4 is 11.0 Å². The van der Waals surface area contributed by atoms with Crippen LogP contribution in [0.15, 0.2) is 24.5 Å². The fourth-order valence-electron chi connectivity index (χ4n) is 2.65. The predicted molar refractivity (Wildman–Crippen MR) is 81.2 cm³/mol. The van der Waals surface area contributed by atoms with Crippen molar-refractivity contribution in [3.05, 3.63) is 30.1 Å². The van der Waals surface area contributed by atoms with Crippen molar-refractivity contribution in [3.63, 3.8) is 0 Å². The fourth-order valence-corrected chi connectivity index (χ4v) is 2.65. The lowest BCUT2D eigenvalue weighted by Crippen LogP contribution is -2.11. The lowest BCUT2D eigenvalue weighted by molar-refractivity contribution is 0.451. The Morgan fingerprint density at radius 1 is 1.37 bits per heavy atom. The number of rotatable bonds is 7. The van der Waals surface area contributed by atoms with Crippen LogP contribution in [-0.2, 0) is 13.1 Å². The fraction of sp³-hybridized carbons (Fsp3) is 0.562. The van der Waals surface area contributed by atoms with Crippen LogP contribution in [0.4, 0.5) is 0 Å². The summed E-state index contributed by atoms with van der Waals surface area (Å²) in [5.41, 5.74) is 2.48. The minimum absolute atomic E-state index is 0.703. The van der Waals surface area contributed by atoms with Crippen molar-refractivity contribution in [2.24, 2.45) is 5.92 Å². The molecule has 2 heterocycles. The largest absolute Gasteiger partial charge is 0.332 e. The van der Waals surface area contributed by atoms with Gasteiger partial charge in [0, 0.05) is 30.9 Å². The van der Waals surface area contributed by atoms with Gasteiger partial charge in [0.15, 0.2) is 0 Å². The highest BCUT2D eigenvalue weighted by molar-refractivity contribution is 5.80. The zero-order valence-corrected chi connectivity index (χ0v) is 12.3. The maximum absolute atomic E-state index is 4.56. The third kappa shape index (κ3) is 3.35. The van der Waals surface area contributed by atoms with Crippen molar-refractivity contribution in [1.82, 2.24) is 14.9 Å². The molecule has 2 aromatic rings. The molecule has 0 spiro atoms. The quantitative estimate of drug-likeness (QED) is 0.823. The molecule has 0 saturated carbocycles. The SMILES string of the molecule is CCCC(C)Cn1cc(CNCC)c2cccnc21. The molecule has 0 saturated heterocycles. The Morgan fingerprint density at radius 2 is 2.21 bits per heavy atom. The molecule has 0 aromatic carbocycles. The molecule has 1 N–H and O–H groups in total. The van der Waals surface area contributed by atoms with Gasteiger partial charge < -0.3 is 9.88 Å². The Kier molecular flexibility index (Phi) is 4.97. The molecule has 19 heavy (non-hydrogen) atoms. The van der Waals surface area contributed by atoms with Crippen LogP contribution in [0, 0.1) is 5.92 Å². The third-order valence-electron chi connectivity index (χ3n) is 3.57. The van der Waals surface area contributed by atoms with Gasteiger partial charge in [0.2, 0.25) is 0 Å². The van der Waals surface area contributed by atoms with Gasteiger partial charge in [-0.2, -0.15) is 0 Å². The van der Waals surface area contributed by atoms with Crippen molar-refractivity contribution in [2.75, 3.05) is 6.54 Å². The highest BCUT2D eigenvalue weighted by Gasteiger charge is 2.10. The van der Waals surface area contributed by atoms with Crippen LogP contribution in [0.25, 0.3) is 11.0 Å². The summed E-state index contributed by atoms with van der Waals surface area (Å²) in [6.07, 6.45) is 6.68. The van der Waals surface area contributed by atoms with E-state index in [0.29, 0.717) is 5.92 Å². The summed E-state index contributed by atoms with van der Waals surface area (Å²) in [5.74, 6) is 0.703. The van der Waals surface area contributed by atoms with Crippen LogP contribution >= 0.6 is 0 Å². The average molecular weight is 259 g/mol. The first kappa shape index (κ1) is 14.1. The highest BCUT2D eigenvalue weighted by Crippen LogP contribution is 2.21. The molecule has 2 rings (SSSR count). The van der Waals surface area contributed by atoms with Gasteiger partial charge in [-0.15, -0.1) is 0 Å². The summed E-state index contributed by atoms with van der Waals surface area (Å²) in [6.45, 7) is 9.70. The molecule has 0 amide bonds. The maximum atomic E-state index is 4.56. The molecule has 0 aliphatic heterocycles. The minimum Gasteiger partial charge on any atom is -0.332 e. The Bertz CT molecular complexity index is 516. The van der Waals surface area contributed by atoms with E-state index in [9.17, 15) is 0 Å². The summed E-state index contributed by atoms with van der Waals surface area (Å²) in [5, 5.41) is 4.69. The van der Waals surface area contributed by atoms with E-state index in [1.807, 2.05) is 12.3 Å². The highest BCUT2D eigenvalue weighted by atomic mass is 15.0. The van der Waals surface area contributed by atoms with E-state index in [2.05, 4.69) is 47.9 Å². The van der Waals surface area contributed by atoms with Gasteiger partial charge in [-0.3, -0.25) is 0 Å². The molecule has 0 aliphatic rings. The minimum atomic E-state index is 0.703. The summed E-state index contributed by atoms with van der Waals surface area (Å²) in [4.78, 5) is 4.56. The van der Waals surface area contributed by atoms with Crippen molar-refractivity contribution in [2.45, 2.75) is 46.7 Å². The first-order valence-corrected chi connectivity index (χ1v) is 7.39. The van der Waals surface area contributed by atoms with Crippen LogP contribution in [0.3, 0.4) is 0 Å². The van der Waals surface area contributed by atoms with E-state index in [1.165, 1.54) is 23.8 Å². The van der Waals surface area contributed by atoms with Crippen molar-refractivity contribution < 1.29 is 0 Å². The van der Waals surface area contributed by atoms with Crippen molar-refractivity contribution in [1.29, 1.82) is 0 Å². The maximum Gasteiger partial charge on any atom is 0.140 e. The molecule has 0 bridgehead atoms. The van der Waals surface area contributed by atoms with Gasteiger partial charge in [0.1, 0.15) is 5.65 Å². The number of nitrogens with one attached hydrogen (secondary N) is 1. The standard InChI is InChI=1S/C16H25N3/c1-4-7-13(3)11-19-12-14(10-17-5-2)15-8-6-9-18-16(15)19/h6,8-9,12-13,17H,4-5,7,10-11H2,1-3H3. The molecular weight excluding hydrogens is 234 g/mol. The molecule has 104 valence electrons. The van der Waals surface area contributed by atoms with Crippen LogP contribution in [-0.4, -0.2) is 16.1 Å². The number of fused-ring (bicyclic) bond motifs is 1. The molecule has 3 nitrogen and oxygen atoms in total. The van der Waals surface area contributed by atoms with Crippen LogP contribution in [0.2, 0.25) is 0 Å². The number of hydrogen-bond acceptors (Lipinski definition) is 2. The molecule has 0 aliphatic carbocycles. The second-order valence-electron chi connectivity index (χ2n) is 5.36. The summed E-state index contributed by atoms with van der Waals surface area (Å²) >= 11 is 0. The van der Waals surface area contributed by atoms with Gasteiger partial charge in [0.05, 0.1) is 0 Å². The van der Waals surface area contributed by atoms with E-state index < -0.39 is 0 Å². The lowest BCUT2D eigenvalue weighted by atomic mass is 10.1. The average Bonchev–Trinajstić information content (AvgIpc) is 2.75. The Hall–Kier alpha value is -1.35. The van der Waals surface area contributed by atoms with Crippen LogP contribution in [0.5, 0.6) is 0 Å². The summed E-state index contributed by atoms with van der Waals surface area (Å²) < 4.78 is 2.32. The van der Waals surface area contributed by atoms with Gasteiger partial charge in [0.25, 0.3) is 0 Å².